The SMILES string of the molecule is O=C1C=C(Br)C(Br)C=N1. The molecule has 48 valence electrons. The average Bonchev–Trinajstić information content (AvgIpc) is 1.80. The van der Waals surface area contributed by atoms with Gasteiger partial charge in [0.2, 0.25) is 0 Å². The predicted octanol–water partition coefficient (Wildman–Crippen LogP) is 1.64. The topological polar surface area (TPSA) is 29.4 Å². The monoisotopic (exact) mass is 251 g/mol. The molecule has 4 heteroatoms. The number of carbonyl (C=O) groups excluding carboxylic acids is 1. The van der Waals surface area contributed by atoms with Crippen LogP contribution in [0.5, 0.6) is 0 Å². The van der Waals surface area contributed by atoms with Crippen LogP contribution in [-0.4, -0.2) is 16.9 Å². The van der Waals surface area contributed by atoms with Crippen LogP contribution in [0, 0.1) is 0 Å². The molecule has 2 nitrogen and oxygen atoms in total. The third-order valence-electron chi connectivity index (χ3n) is 0.857. The highest BCUT2D eigenvalue weighted by molar-refractivity contribution is 9.14. The van der Waals surface area contributed by atoms with Gasteiger partial charge < -0.3 is 0 Å². The minimum Gasteiger partial charge on any atom is -0.267 e. The lowest BCUT2D eigenvalue weighted by atomic mass is 10.3. The lowest BCUT2D eigenvalue weighted by Crippen LogP contribution is -2.07. The molecule has 1 unspecified atom stereocenters. The number of hydrogen-bond acceptors (Lipinski definition) is 1. The summed E-state index contributed by atoms with van der Waals surface area (Å²) < 4.78 is 0.822. The maximum Gasteiger partial charge on any atom is 0.270 e. The van der Waals surface area contributed by atoms with Gasteiger partial charge in [-0.25, -0.2) is 4.99 Å². The van der Waals surface area contributed by atoms with Crippen molar-refractivity contribution in [1.82, 2.24) is 0 Å². The van der Waals surface area contributed by atoms with Crippen LogP contribution >= 0.6 is 31.9 Å². The Kier molecular flexibility index (Phi) is 2.18. The first kappa shape index (κ1) is 7.15. The molecule has 1 heterocycles. The molecular weight excluding hydrogens is 250 g/mol. The minimum atomic E-state index is -0.211. The van der Waals surface area contributed by atoms with Crippen LogP contribution in [0.1, 0.15) is 0 Å². The van der Waals surface area contributed by atoms with Gasteiger partial charge in [0, 0.05) is 16.8 Å². The summed E-state index contributed by atoms with van der Waals surface area (Å²) in [5, 5.41) is 0. The summed E-state index contributed by atoms with van der Waals surface area (Å²) in [7, 11) is 0. The summed E-state index contributed by atoms with van der Waals surface area (Å²) in [6.45, 7) is 0. The minimum absolute atomic E-state index is 0.0650. The van der Waals surface area contributed by atoms with Gasteiger partial charge in [0.05, 0.1) is 4.83 Å². The molecule has 0 spiro atoms. The molecule has 1 rings (SSSR count). The van der Waals surface area contributed by atoms with Crippen molar-refractivity contribution in [1.29, 1.82) is 0 Å². The lowest BCUT2D eigenvalue weighted by molar-refractivity contribution is -0.113. The summed E-state index contributed by atoms with van der Waals surface area (Å²) in [6, 6.07) is 0. The van der Waals surface area contributed by atoms with Gasteiger partial charge in [0.1, 0.15) is 0 Å². The average molecular weight is 253 g/mol. The Morgan fingerprint density at radius 3 is 2.78 bits per heavy atom. The molecule has 0 aromatic carbocycles. The largest absolute Gasteiger partial charge is 0.270 e. The van der Waals surface area contributed by atoms with Crippen molar-refractivity contribution in [2.45, 2.75) is 4.83 Å². The number of carbonyl (C=O) groups is 1. The van der Waals surface area contributed by atoms with Crippen LogP contribution in [0.3, 0.4) is 0 Å². The summed E-state index contributed by atoms with van der Waals surface area (Å²) in [5.41, 5.74) is 0. The zero-order valence-electron chi connectivity index (χ0n) is 4.34. The van der Waals surface area contributed by atoms with E-state index in [0.717, 1.165) is 4.48 Å². The van der Waals surface area contributed by atoms with E-state index in [1.165, 1.54) is 6.08 Å². The van der Waals surface area contributed by atoms with E-state index in [-0.39, 0.29) is 10.7 Å². The predicted molar refractivity (Wildman–Crippen MR) is 43.2 cm³/mol. The van der Waals surface area contributed by atoms with Crippen LogP contribution in [0.2, 0.25) is 0 Å². The number of hydrogen-bond donors (Lipinski definition) is 0. The first-order valence-corrected chi connectivity index (χ1v) is 4.00. The number of halogens is 2. The second-order valence-electron chi connectivity index (χ2n) is 1.55. The van der Waals surface area contributed by atoms with Crippen molar-refractivity contribution in [2.24, 2.45) is 4.99 Å². The summed E-state index contributed by atoms with van der Waals surface area (Å²) in [5.74, 6) is -0.211. The zero-order valence-corrected chi connectivity index (χ0v) is 7.52. The number of rotatable bonds is 0. The van der Waals surface area contributed by atoms with E-state index in [1.807, 2.05) is 0 Å². The molecule has 0 saturated carbocycles. The van der Waals surface area contributed by atoms with Gasteiger partial charge in [-0.1, -0.05) is 31.9 Å². The van der Waals surface area contributed by atoms with E-state index >= 15 is 0 Å². The van der Waals surface area contributed by atoms with Crippen molar-refractivity contribution in [2.75, 3.05) is 0 Å². The standard InChI is InChI=1S/C5H3Br2NO/c6-3-1-5(9)8-2-4(3)7/h1-2,4H. The second-order valence-corrected chi connectivity index (χ2v) is 3.45. The van der Waals surface area contributed by atoms with E-state index in [1.54, 1.807) is 6.21 Å². The molecule has 1 aliphatic heterocycles. The smallest absolute Gasteiger partial charge is 0.267 e. The van der Waals surface area contributed by atoms with E-state index < -0.39 is 0 Å². The Hall–Kier alpha value is 0.0400. The van der Waals surface area contributed by atoms with Crippen LogP contribution in [0.15, 0.2) is 15.6 Å². The summed E-state index contributed by atoms with van der Waals surface area (Å²) in [4.78, 5) is 14.1. The Morgan fingerprint density at radius 1 is 1.67 bits per heavy atom. The van der Waals surface area contributed by atoms with Crippen molar-refractivity contribution in [3.63, 3.8) is 0 Å². The Morgan fingerprint density at radius 2 is 2.33 bits per heavy atom. The number of amides is 1. The van der Waals surface area contributed by atoms with E-state index in [4.69, 9.17) is 0 Å². The van der Waals surface area contributed by atoms with Crippen molar-refractivity contribution >= 4 is 44.0 Å². The Balaban J connectivity index is 2.82. The Labute approximate surface area is 69.3 Å². The van der Waals surface area contributed by atoms with E-state index in [9.17, 15) is 4.79 Å². The van der Waals surface area contributed by atoms with Gasteiger partial charge in [-0.3, -0.25) is 4.79 Å². The molecule has 1 amide bonds. The third-order valence-corrected chi connectivity index (χ3v) is 2.92. The number of alkyl halides is 1. The Bertz CT molecular complexity index is 197. The molecule has 0 radical (unpaired) electrons. The first-order chi connectivity index (χ1) is 4.20. The molecule has 0 aromatic rings. The van der Waals surface area contributed by atoms with Gasteiger partial charge in [-0.2, -0.15) is 0 Å². The highest BCUT2D eigenvalue weighted by Gasteiger charge is 2.10. The molecule has 0 N–H and O–H groups in total. The molecule has 1 aliphatic rings. The second kappa shape index (κ2) is 2.75. The molecule has 0 aliphatic carbocycles. The number of nitrogens with zero attached hydrogens (tertiary/aromatic N) is 1. The van der Waals surface area contributed by atoms with E-state index in [0.29, 0.717) is 0 Å². The highest BCUT2D eigenvalue weighted by Crippen LogP contribution is 2.19. The highest BCUT2D eigenvalue weighted by atomic mass is 79.9. The quantitative estimate of drug-likeness (QED) is 0.603. The van der Waals surface area contributed by atoms with Crippen molar-refractivity contribution in [3.8, 4) is 0 Å². The van der Waals surface area contributed by atoms with Crippen LogP contribution in [0.25, 0.3) is 0 Å². The lowest BCUT2D eigenvalue weighted by Gasteiger charge is -2.04. The van der Waals surface area contributed by atoms with Crippen molar-refractivity contribution in [3.05, 3.63) is 10.6 Å². The van der Waals surface area contributed by atoms with Gasteiger partial charge in [-0.05, 0) is 0 Å². The first-order valence-electron chi connectivity index (χ1n) is 2.29. The molecule has 1 atom stereocenters. The fraction of sp³-hybridized carbons (Fsp3) is 0.200. The molecule has 0 fully saturated rings. The van der Waals surface area contributed by atoms with Gasteiger partial charge in [-0.15, -0.1) is 0 Å². The fourth-order valence-corrected chi connectivity index (χ4v) is 1.01. The van der Waals surface area contributed by atoms with E-state index in [2.05, 4.69) is 36.9 Å². The maximum absolute atomic E-state index is 10.5. The van der Waals surface area contributed by atoms with Crippen LogP contribution in [-0.2, 0) is 4.79 Å². The third kappa shape index (κ3) is 1.72. The van der Waals surface area contributed by atoms with Crippen LogP contribution in [0.4, 0.5) is 0 Å². The molecule has 9 heavy (non-hydrogen) atoms. The zero-order chi connectivity index (χ0) is 6.85. The molecule has 0 saturated heterocycles. The fourth-order valence-electron chi connectivity index (χ4n) is 0.445. The van der Waals surface area contributed by atoms with Gasteiger partial charge >= 0.3 is 0 Å². The number of aliphatic imine (C=N–C) groups is 1. The molecular formula is C5H3Br2NO. The van der Waals surface area contributed by atoms with Gasteiger partial charge in [0.25, 0.3) is 5.91 Å². The summed E-state index contributed by atoms with van der Waals surface area (Å²) in [6.07, 6.45) is 2.99. The number of dihydropyridines is 1. The normalized spacial score (nSPS) is 26.2. The summed E-state index contributed by atoms with van der Waals surface area (Å²) >= 11 is 6.46. The maximum atomic E-state index is 10.5. The van der Waals surface area contributed by atoms with Crippen LogP contribution < -0.4 is 0 Å². The molecule has 0 bridgehead atoms. The molecule has 0 aromatic heterocycles. The van der Waals surface area contributed by atoms with Gasteiger partial charge in [0.15, 0.2) is 0 Å². The van der Waals surface area contributed by atoms with Crippen molar-refractivity contribution < 1.29 is 4.79 Å². The number of allylic oxidation sites excluding steroid dienone is 1.